The summed E-state index contributed by atoms with van der Waals surface area (Å²) in [5.41, 5.74) is 0.469. The molecule has 1 aromatic heterocycles. The molecule has 1 aliphatic heterocycles. The molecule has 2 heterocycles. The smallest absolute Gasteiger partial charge is 0.373 e. The Morgan fingerprint density at radius 3 is 2.77 bits per heavy atom. The average Bonchev–Trinajstić information content (AvgIpc) is 3.32. The van der Waals surface area contributed by atoms with Crippen molar-refractivity contribution in [2.45, 2.75) is 6.54 Å². The number of hydrogen-bond acceptors (Lipinski definition) is 8. The van der Waals surface area contributed by atoms with Crippen LogP contribution in [0.5, 0.6) is 11.5 Å². The molecule has 0 radical (unpaired) electrons. The first kappa shape index (κ1) is 21.7. The van der Waals surface area contributed by atoms with Crippen LogP contribution in [0.4, 0.5) is 4.79 Å². The molecule has 0 bridgehead atoms. The number of hydrogen-bond donors (Lipinski definition) is 1. The Balaban J connectivity index is 1.81. The van der Waals surface area contributed by atoms with Crippen LogP contribution in [0.2, 0.25) is 5.02 Å². The van der Waals surface area contributed by atoms with Gasteiger partial charge in [-0.15, -0.1) is 0 Å². The van der Waals surface area contributed by atoms with Gasteiger partial charge in [-0.1, -0.05) is 11.6 Å². The third-order valence-corrected chi connectivity index (χ3v) is 4.45. The van der Waals surface area contributed by atoms with E-state index in [-0.39, 0.29) is 46.9 Å². The van der Waals surface area contributed by atoms with Gasteiger partial charge in [-0.25, -0.2) is 9.59 Å². The third-order valence-electron chi connectivity index (χ3n) is 4.17. The van der Waals surface area contributed by atoms with Crippen LogP contribution in [0.15, 0.2) is 34.4 Å². The fourth-order valence-corrected chi connectivity index (χ4v) is 3.05. The van der Waals surface area contributed by atoms with E-state index in [2.05, 4.69) is 10.1 Å². The van der Waals surface area contributed by atoms with Gasteiger partial charge in [0.05, 0.1) is 25.8 Å². The number of esters is 1. The van der Waals surface area contributed by atoms with Gasteiger partial charge in [-0.05, 0) is 35.9 Å². The number of nitrogens with zero attached hydrogens (tertiary/aromatic N) is 2. The topological polar surface area (TPSA) is 131 Å². The van der Waals surface area contributed by atoms with Crippen molar-refractivity contribution in [3.8, 4) is 17.6 Å². The normalized spacial score (nSPS) is 14.4. The molecule has 1 fully saturated rings. The van der Waals surface area contributed by atoms with Crippen molar-refractivity contribution in [1.29, 1.82) is 5.26 Å². The highest BCUT2D eigenvalue weighted by atomic mass is 35.5. The minimum absolute atomic E-state index is 0.00793. The van der Waals surface area contributed by atoms with E-state index in [1.807, 2.05) is 6.07 Å². The summed E-state index contributed by atoms with van der Waals surface area (Å²) < 4.78 is 20.3. The van der Waals surface area contributed by atoms with Gasteiger partial charge in [-0.3, -0.25) is 9.69 Å². The Hall–Kier alpha value is -3.97. The van der Waals surface area contributed by atoms with Crippen LogP contribution in [-0.4, -0.2) is 43.6 Å². The van der Waals surface area contributed by atoms with Crippen molar-refractivity contribution in [2.75, 3.05) is 20.8 Å². The summed E-state index contributed by atoms with van der Waals surface area (Å²) in [7, 11) is 2.61. The Kier molecular flexibility index (Phi) is 6.47. The third kappa shape index (κ3) is 4.62. The van der Waals surface area contributed by atoms with E-state index in [1.165, 1.54) is 38.5 Å². The molecule has 3 rings (SSSR count). The summed E-state index contributed by atoms with van der Waals surface area (Å²) >= 11 is 6.20. The lowest BCUT2D eigenvalue weighted by atomic mass is 10.1. The van der Waals surface area contributed by atoms with Crippen molar-refractivity contribution in [3.05, 3.63) is 52.1 Å². The summed E-state index contributed by atoms with van der Waals surface area (Å²) in [6.45, 7) is -0.394. The highest BCUT2D eigenvalue weighted by Gasteiger charge is 2.34. The first-order valence-corrected chi connectivity index (χ1v) is 9.14. The van der Waals surface area contributed by atoms with Gasteiger partial charge in [0.25, 0.3) is 5.91 Å². The minimum atomic E-state index is -0.669. The van der Waals surface area contributed by atoms with Crippen LogP contribution in [0, 0.1) is 11.3 Å². The Labute approximate surface area is 181 Å². The maximum atomic E-state index is 12.7. The Morgan fingerprint density at radius 2 is 2.10 bits per heavy atom. The van der Waals surface area contributed by atoms with Crippen molar-refractivity contribution < 1.29 is 33.0 Å². The van der Waals surface area contributed by atoms with Gasteiger partial charge in [0.15, 0.2) is 18.1 Å². The van der Waals surface area contributed by atoms with Crippen LogP contribution < -0.4 is 14.8 Å². The number of benzene rings is 1. The summed E-state index contributed by atoms with van der Waals surface area (Å²) in [6, 6.07) is 7.09. The number of imide groups is 1. The van der Waals surface area contributed by atoms with Crippen LogP contribution in [-0.2, 0) is 16.1 Å². The molecule has 0 saturated carbocycles. The Morgan fingerprint density at radius 1 is 1.32 bits per heavy atom. The molecular weight excluding hydrogens is 430 g/mol. The number of urea groups is 1. The number of methoxy groups -OCH3 is 2. The fraction of sp³-hybridized carbons (Fsp3) is 0.200. The first-order valence-electron chi connectivity index (χ1n) is 8.76. The summed E-state index contributed by atoms with van der Waals surface area (Å²) in [5, 5.41) is 11.3. The summed E-state index contributed by atoms with van der Waals surface area (Å²) in [4.78, 5) is 37.4. The number of carbonyl (C=O) groups is 3. The standard InChI is InChI=1S/C20H16ClN3O7/c1-28-16-9-11(7-13(21)17(16)30-6-5-22)8-14-18(25)24(20(27)23-14)10-12-3-4-15(31-12)19(26)29-2/h3-4,7-9H,6,10H2,1-2H3,(H,23,27)/b14-8-. The second kappa shape index (κ2) is 9.23. The molecule has 2 aromatic rings. The number of nitrogens with one attached hydrogen (secondary N) is 1. The molecule has 0 atom stereocenters. The monoisotopic (exact) mass is 445 g/mol. The van der Waals surface area contributed by atoms with E-state index in [0.717, 1.165) is 4.90 Å². The number of nitriles is 1. The van der Waals surface area contributed by atoms with Gasteiger partial charge in [0, 0.05) is 0 Å². The minimum Gasteiger partial charge on any atom is -0.493 e. The quantitative estimate of drug-likeness (QED) is 0.391. The second-order valence-corrected chi connectivity index (χ2v) is 6.53. The van der Waals surface area contributed by atoms with Crippen molar-refractivity contribution in [3.63, 3.8) is 0 Å². The van der Waals surface area contributed by atoms with Crippen molar-refractivity contribution in [2.24, 2.45) is 0 Å². The molecule has 31 heavy (non-hydrogen) atoms. The molecule has 3 amide bonds. The molecular formula is C20H16ClN3O7. The SMILES string of the molecule is COC(=O)c1ccc(CN2C(=O)N/C(=C\c3cc(Cl)c(OCC#N)c(OC)c3)C2=O)o1. The van der Waals surface area contributed by atoms with E-state index in [0.29, 0.717) is 5.56 Å². The highest BCUT2D eigenvalue weighted by Crippen LogP contribution is 2.37. The lowest BCUT2D eigenvalue weighted by Crippen LogP contribution is -2.30. The summed E-state index contributed by atoms with van der Waals surface area (Å²) in [6.07, 6.45) is 1.42. The molecule has 11 heteroatoms. The molecule has 1 aliphatic rings. The predicted octanol–water partition coefficient (Wildman–Crippen LogP) is 2.72. The fourth-order valence-electron chi connectivity index (χ4n) is 2.78. The van der Waals surface area contributed by atoms with Gasteiger partial charge >= 0.3 is 12.0 Å². The number of amides is 3. The second-order valence-electron chi connectivity index (χ2n) is 6.12. The van der Waals surface area contributed by atoms with E-state index >= 15 is 0 Å². The number of ether oxygens (including phenoxy) is 3. The van der Waals surface area contributed by atoms with Crippen LogP contribution in [0.3, 0.4) is 0 Å². The molecule has 0 unspecified atom stereocenters. The maximum Gasteiger partial charge on any atom is 0.373 e. The number of carbonyl (C=O) groups excluding carboxylic acids is 3. The molecule has 160 valence electrons. The molecule has 0 aliphatic carbocycles. The van der Waals surface area contributed by atoms with E-state index in [9.17, 15) is 14.4 Å². The van der Waals surface area contributed by atoms with Crippen LogP contribution in [0.1, 0.15) is 21.9 Å². The van der Waals surface area contributed by atoms with Gasteiger partial charge < -0.3 is 23.9 Å². The largest absolute Gasteiger partial charge is 0.493 e. The number of furan rings is 1. The van der Waals surface area contributed by atoms with Crippen molar-refractivity contribution >= 4 is 35.6 Å². The predicted molar refractivity (Wildman–Crippen MR) is 106 cm³/mol. The Bertz CT molecular complexity index is 1120. The van der Waals surface area contributed by atoms with E-state index in [1.54, 1.807) is 6.07 Å². The highest BCUT2D eigenvalue weighted by molar-refractivity contribution is 6.32. The molecule has 1 N–H and O–H groups in total. The molecule has 10 nitrogen and oxygen atoms in total. The van der Waals surface area contributed by atoms with E-state index in [4.69, 9.17) is 30.8 Å². The summed E-state index contributed by atoms with van der Waals surface area (Å²) in [5.74, 6) is -0.628. The first-order chi connectivity index (χ1) is 14.9. The number of rotatable bonds is 7. The molecule has 1 aromatic carbocycles. The van der Waals surface area contributed by atoms with Crippen LogP contribution >= 0.6 is 11.6 Å². The lowest BCUT2D eigenvalue weighted by Gasteiger charge is -2.11. The van der Waals surface area contributed by atoms with Gasteiger partial charge in [0.1, 0.15) is 17.5 Å². The maximum absolute atomic E-state index is 12.7. The van der Waals surface area contributed by atoms with Gasteiger partial charge in [-0.2, -0.15) is 5.26 Å². The lowest BCUT2D eigenvalue weighted by molar-refractivity contribution is -0.123. The van der Waals surface area contributed by atoms with Crippen LogP contribution in [0.25, 0.3) is 6.08 Å². The number of halogens is 1. The van der Waals surface area contributed by atoms with Gasteiger partial charge in [0.2, 0.25) is 5.76 Å². The molecule has 1 saturated heterocycles. The zero-order valence-electron chi connectivity index (χ0n) is 16.4. The van der Waals surface area contributed by atoms with E-state index < -0.39 is 17.9 Å². The van der Waals surface area contributed by atoms with Crippen molar-refractivity contribution in [1.82, 2.24) is 10.2 Å². The zero-order valence-corrected chi connectivity index (χ0v) is 17.2. The average molecular weight is 446 g/mol. The zero-order chi connectivity index (χ0) is 22.5. The molecule has 0 spiro atoms.